The number of hydrogen-bond donors (Lipinski definition) is 3. The Kier molecular flexibility index (Phi) is 7.06. The molecule has 2 atom stereocenters. The van der Waals surface area contributed by atoms with Crippen LogP contribution in [0.4, 0.5) is 0 Å². The third-order valence-electron chi connectivity index (χ3n) is 5.39. The molecule has 148 valence electrons. The number of nitrogens with one attached hydrogen (secondary N) is 2. The second-order valence-corrected chi connectivity index (χ2v) is 7.30. The number of β-amino-alcohol motifs (C(OH)–C–C–N with tert-alkyl or cyclic N) is 1. The molecular formula is C20H29N3O4. The Bertz CT molecular complexity index is 617. The Morgan fingerprint density at radius 1 is 1.19 bits per heavy atom. The van der Waals surface area contributed by atoms with Crippen molar-refractivity contribution in [1.82, 2.24) is 15.5 Å². The first-order valence-electron chi connectivity index (χ1n) is 9.75. The van der Waals surface area contributed by atoms with Crippen LogP contribution < -0.4 is 15.4 Å². The zero-order valence-electron chi connectivity index (χ0n) is 15.6. The normalized spacial score (nSPS) is 23.2. The largest absolute Gasteiger partial charge is 0.493 e. The summed E-state index contributed by atoms with van der Waals surface area (Å²) in [7, 11) is 0. The molecule has 0 spiro atoms. The molecule has 3 N–H and O–H groups in total. The van der Waals surface area contributed by atoms with E-state index in [9.17, 15) is 14.7 Å². The van der Waals surface area contributed by atoms with Crippen LogP contribution in [0.3, 0.4) is 0 Å². The fraction of sp³-hybridized carbons (Fsp3) is 0.600. The van der Waals surface area contributed by atoms with Gasteiger partial charge in [0.1, 0.15) is 5.75 Å². The van der Waals surface area contributed by atoms with Gasteiger partial charge in [-0.2, -0.15) is 0 Å². The number of ether oxygens (including phenoxy) is 1. The molecule has 2 saturated heterocycles. The number of benzene rings is 1. The molecule has 0 bridgehead atoms. The first kappa shape index (κ1) is 19.6. The zero-order chi connectivity index (χ0) is 19.1. The number of rotatable bonds is 7. The summed E-state index contributed by atoms with van der Waals surface area (Å²) >= 11 is 0. The summed E-state index contributed by atoms with van der Waals surface area (Å²) in [6.45, 7) is 3.41. The van der Waals surface area contributed by atoms with Crippen LogP contribution in [0.25, 0.3) is 0 Å². The van der Waals surface area contributed by atoms with Crippen molar-refractivity contribution in [3.05, 3.63) is 30.3 Å². The standard InChI is InChI=1S/C20H29N3O4/c24-18-14-21-12-16(18)13-22-20(26)15-6-9-23(10-7-15)19(25)8-11-27-17-4-2-1-3-5-17/h1-5,15-16,18,21,24H,6-14H2,(H,22,26). The number of carbonyl (C=O) groups excluding carboxylic acids is 2. The highest BCUT2D eigenvalue weighted by molar-refractivity contribution is 5.80. The van der Waals surface area contributed by atoms with Gasteiger partial charge in [0.2, 0.25) is 11.8 Å². The molecule has 2 unspecified atom stereocenters. The summed E-state index contributed by atoms with van der Waals surface area (Å²) in [6.07, 6.45) is 1.33. The molecular weight excluding hydrogens is 346 g/mol. The summed E-state index contributed by atoms with van der Waals surface area (Å²) < 4.78 is 5.58. The number of carbonyl (C=O) groups is 2. The topological polar surface area (TPSA) is 90.9 Å². The van der Waals surface area contributed by atoms with E-state index < -0.39 is 0 Å². The summed E-state index contributed by atoms with van der Waals surface area (Å²) in [5.74, 6) is 0.906. The fourth-order valence-electron chi connectivity index (χ4n) is 3.63. The zero-order valence-corrected chi connectivity index (χ0v) is 15.6. The highest BCUT2D eigenvalue weighted by Gasteiger charge is 2.29. The molecule has 7 heteroatoms. The highest BCUT2D eigenvalue weighted by Crippen LogP contribution is 2.19. The minimum absolute atomic E-state index is 0.0357. The Labute approximate surface area is 160 Å². The van der Waals surface area contributed by atoms with Gasteiger partial charge in [0.15, 0.2) is 0 Å². The first-order chi connectivity index (χ1) is 13.1. The lowest BCUT2D eigenvalue weighted by molar-refractivity contribution is -0.136. The minimum Gasteiger partial charge on any atom is -0.493 e. The van der Waals surface area contributed by atoms with Gasteiger partial charge >= 0.3 is 0 Å². The fourth-order valence-corrected chi connectivity index (χ4v) is 3.63. The van der Waals surface area contributed by atoms with E-state index in [0.717, 1.165) is 12.3 Å². The summed E-state index contributed by atoms with van der Waals surface area (Å²) in [6, 6.07) is 9.46. The van der Waals surface area contributed by atoms with E-state index in [-0.39, 0.29) is 29.8 Å². The van der Waals surface area contributed by atoms with Crippen molar-refractivity contribution in [1.29, 1.82) is 0 Å². The molecule has 0 radical (unpaired) electrons. The molecule has 2 fully saturated rings. The maximum Gasteiger partial charge on any atom is 0.225 e. The van der Waals surface area contributed by atoms with E-state index in [0.29, 0.717) is 52.0 Å². The second-order valence-electron chi connectivity index (χ2n) is 7.30. The van der Waals surface area contributed by atoms with Crippen LogP contribution in [0.15, 0.2) is 30.3 Å². The van der Waals surface area contributed by atoms with Gasteiger partial charge in [0.25, 0.3) is 0 Å². The minimum atomic E-state index is -0.386. The molecule has 1 aromatic rings. The number of likely N-dealkylation sites (tertiary alicyclic amines) is 1. The Hall–Kier alpha value is -2.12. The van der Waals surface area contributed by atoms with Gasteiger partial charge in [-0.1, -0.05) is 18.2 Å². The quantitative estimate of drug-likeness (QED) is 0.641. The highest BCUT2D eigenvalue weighted by atomic mass is 16.5. The van der Waals surface area contributed by atoms with Crippen LogP contribution in [0, 0.1) is 11.8 Å². The molecule has 2 heterocycles. The molecule has 2 amide bonds. The predicted molar refractivity (Wildman–Crippen MR) is 101 cm³/mol. The molecule has 1 aromatic carbocycles. The Morgan fingerprint density at radius 2 is 1.93 bits per heavy atom. The molecule has 7 nitrogen and oxygen atoms in total. The van der Waals surface area contributed by atoms with Gasteiger partial charge in [0, 0.05) is 44.6 Å². The van der Waals surface area contributed by atoms with Crippen LogP contribution in [0.1, 0.15) is 19.3 Å². The molecule has 0 aromatic heterocycles. The van der Waals surface area contributed by atoms with E-state index in [1.807, 2.05) is 35.2 Å². The van der Waals surface area contributed by atoms with Crippen molar-refractivity contribution in [2.45, 2.75) is 25.4 Å². The van der Waals surface area contributed by atoms with Crippen molar-refractivity contribution in [3.63, 3.8) is 0 Å². The van der Waals surface area contributed by atoms with Crippen molar-refractivity contribution < 1.29 is 19.4 Å². The van der Waals surface area contributed by atoms with Gasteiger partial charge in [-0.05, 0) is 25.0 Å². The smallest absolute Gasteiger partial charge is 0.225 e. The first-order valence-corrected chi connectivity index (χ1v) is 9.75. The predicted octanol–water partition coefficient (Wildman–Crippen LogP) is 0.391. The van der Waals surface area contributed by atoms with E-state index in [4.69, 9.17) is 4.74 Å². The Balaban J connectivity index is 1.33. The number of amides is 2. The SMILES string of the molecule is O=C(NCC1CNCC1O)C1CCN(C(=O)CCOc2ccccc2)CC1. The lowest BCUT2D eigenvalue weighted by atomic mass is 9.95. The average Bonchev–Trinajstić information content (AvgIpc) is 3.12. The van der Waals surface area contributed by atoms with Gasteiger partial charge < -0.3 is 25.4 Å². The second kappa shape index (κ2) is 9.71. The van der Waals surface area contributed by atoms with E-state index in [1.54, 1.807) is 0 Å². The van der Waals surface area contributed by atoms with E-state index in [2.05, 4.69) is 10.6 Å². The van der Waals surface area contributed by atoms with E-state index >= 15 is 0 Å². The summed E-state index contributed by atoms with van der Waals surface area (Å²) in [4.78, 5) is 26.5. The van der Waals surface area contributed by atoms with Crippen molar-refractivity contribution in [3.8, 4) is 5.75 Å². The van der Waals surface area contributed by atoms with Crippen LogP contribution >= 0.6 is 0 Å². The Morgan fingerprint density at radius 3 is 2.59 bits per heavy atom. The molecule has 2 aliphatic rings. The van der Waals surface area contributed by atoms with E-state index in [1.165, 1.54) is 0 Å². The monoisotopic (exact) mass is 375 g/mol. The van der Waals surface area contributed by atoms with Crippen LogP contribution in [-0.2, 0) is 9.59 Å². The summed E-state index contributed by atoms with van der Waals surface area (Å²) in [5.41, 5.74) is 0. The molecule has 0 saturated carbocycles. The van der Waals surface area contributed by atoms with Gasteiger partial charge in [-0.3, -0.25) is 9.59 Å². The average molecular weight is 375 g/mol. The van der Waals surface area contributed by atoms with Crippen molar-refractivity contribution in [2.75, 3.05) is 39.3 Å². The van der Waals surface area contributed by atoms with Gasteiger partial charge in [-0.15, -0.1) is 0 Å². The lowest BCUT2D eigenvalue weighted by Gasteiger charge is -2.31. The molecule has 27 heavy (non-hydrogen) atoms. The maximum absolute atomic E-state index is 12.3. The van der Waals surface area contributed by atoms with Crippen molar-refractivity contribution >= 4 is 11.8 Å². The summed E-state index contributed by atoms with van der Waals surface area (Å²) in [5, 5.41) is 15.9. The number of piperidine rings is 1. The number of para-hydroxylation sites is 1. The maximum atomic E-state index is 12.3. The number of aliphatic hydroxyl groups excluding tert-OH is 1. The molecule has 0 aliphatic carbocycles. The van der Waals surface area contributed by atoms with Gasteiger partial charge in [-0.25, -0.2) is 0 Å². The third kappa shape index (κ3) is 5.68. The molecule has 2 aliphatic heterocycles. The van der Waals surface area contributed by atoms with Crippen LogP contribution in [0.5, 0.6) is 5.75 Å². The van der Waals surface area contributed by atoms with Crippen molar-refractivity contribution in [2.24, 2.45) is 11.8 Å². The van der Waals surface area contributed by atoms with Gasteiger partial charge in [0.05, 0.1) is 19.1 Å². The van der Waals surface area contributed by atoms with Crippen LogP contribution in [0.2, 0.25) is 0 Å². The molecule has 3 rings (SSSR count). The number of nitrogens with zero attached hydrogens (tertiary/aromatic N) is 1. The third-order valence-corrected chi connectivity index (χ3v) is 5.39. The van der Waals surface area contributed by atoms with Crippen LogP contribution in [-0.4, -0.2) is 67.3 Å². The number of hydrogen-bond acceptors (Lipinski definition) is 5. The number of aliphatic hydroxyl groups is 1. The lowest BCUT2D eigenvalue weighted by Crippen LogP contribution is -2.44.